The van der Waals surface area contributed by atoms with Crippen LogP contribution in [0.15, 0.2) is 42.7 Å². The van der Waals surface area contributed by atoms with Crippen LogP contribution in [0.1, 0.15) is 23.7 Å². The number of likely N-dealkylation sites (tertiary alicyclic amines) is 1. The Morgan fingerprint density at radius 2 is 1.89 bits per heavy atom. The molecule has 0 N–H and O–H groups in total. The summed E-state index contributed by atoms with van der Waals surface area (Å²) < 4.78 is 0. The molecule has 1 atom stereocenters. The predicted octanol–water partition coefficient (Wildman–Crippen LogP) is 3.23. The topological polar surface area (TPSA) is 39.7 Å². The Morgan fingerprint density at radius 1 is 1.15 bits per heavy atom. The van der Waals surface area contributed by atoms with Crippen LogP contribution in [0.25, 0.3) is 11.1 Å². The second-order valence-corrected chi connectivity index (χ2v) is 7.66. The maximum Gasteiger partial charge on any atom is 0.255 e. The molecule has 1 aliphatic heterocycles. The van der Waals surface area contributed by atoms with Crippen molar-refractivity contribution in [3.8, 4) is 11.1 Å². The standard InChI is InChI=1S/C22H30N4O/c1-5-25(4)15-17-10-11-26(16-17)22(27)20-12-19(13-23-14-20)18-6-8-21(9-7-18)24(2)3/h6-9,12-14,17H,5,10-11,15-16H2,1-4H3. The van der Waals surface area contributed by atoms with Crippen LogP contribution < -0.4 is 4.90 Å². The van der Waals surface area contributed by atoms with Crippen molar-refractivity contribution in [2.24, 2.45) is 5.92 Å². The van der Waals surface area contributed by atoms with E-state index in [0.29, 0.717) is 11.5 Å². The molecule has 1 fully saturated rings. The molecule has 1 unspecified atom stereocenters. The lowest BCUT2D eigenvalue weighted by Gasteiger charge is -2.20. The fraction of sp³-hybridized carbons (Fsp3) is 0.455. The van der Waals surface area contributed by atoms with Crippen molar-refractivity contribution >= 4 is 11.6 Å². The van der Waals surface area contributed by atoms with Gasteiger partial charge in [-0.25, -0.2) is 0 Å². The van der Waals surface area contributed by atoms with E-state index in [0.717, 1.165) is 49.4 Å². The number of pyridine rings is 1. The first-order chi connectivity index (χ1) is 13.0. The number of benzene rings is 1. The van der Waals surface area contributed by atoms with E-state index in [1.54, 1.807) is 6.20 Å². The molecule has 2 heterocycles. The van der Waals surface area contributed by atoms with Gasteiger partial charge in [0, 0.05) is 57.4 Å². The first-order valence-corrected chi connectivity index (χ1v) is 9.68. The first kappa shape index (κ1) is 19.4. The number of nitrogens with zero attached hydrogens (tertiary/aromatic N) is 4. The smallest absolute Gasteiger partial charge is 0.255 e. The second kappa shape index (κ2) is 8.53. The molecule has 3 rings (SSSR count). The van der Waals surface area contributed by atoms with E-state index in [9.17, 15) is 4.79 Å². The van der Waals surface area contributed by atoms with Gasteiger partial charge in [-0.3, -0.25) is 9.78 Å². The minimum absolute atomic E-state index is 0.0934. The molecule has 1 aromatic carbocycles. The SMILES string of the molecule is CCN(C)CC1CCN(C(=O)c2cncc(-c3ccc(N(C)C)cc3)c2)C1. The summed E-state index contributed by atoms with van der Waals surface area (Å²) in [7, 11) is 6.19. The lowest BCUT2D eigenvalue weighted by atomic mass is 10.0. The van der Waals surface area contributed by atoms with E-state index in [1.807, 2.05) is 31.3 Å². The van der Waals surface area contributed by atoms with Gasteiger partial charge in [0.1, 0.15) is 0 Å². The average Bonchev–Trinajstić information content (AvgIpc) is 3.15. The maximum atomic E-state index is 12.9. The van der Waals surface area contributed by atoms with E-state index in [1.165, 1.54) is 0 Å². The summed E-state index contributed by atoms with van der Waals surface area (Å²) >= 11 is 0. The van der Waals surface area contributed by atoms with Crippen molar-refractivity contribution in [2.75, 3.05) is 52.2 Å². The summed E-state index contributed by atoms with van der Waals surface area (Å²) in [4.78, 5) is 23.6. The molecule has 0 bridgehead atoms. The van der Waals surface area contributed by atoms with Gasteiger partial charge in [0.15, 0.2) is 0 Å². The second-order valence-electron chi connectivity index (χ2n) is 7.66. The minimum atomic E-state index is 0.0934. The highest BCUT2D eigenvalue weighted by Gasteiger charge is 2.27. The normalized spacial score (nSPS) is 16.8. The van der Waals surface area contributed by atoms with Crippen LogP contribution in [0, 0.1) is 5.92 Å². The molecule has 5 nitrogen and oxygen atoms in total. The predicted molar refractivity (Wildman–Crippen MR) is 111 cm³/mol. The summed E-state index contributed by atoms with van der Waals surface area (Å²) in [5.41, 5.74) is 3.88. The Kier molecular flexibility index (Phi) is 6.11. The third kappa shape index (κ3) is 4.66. The fourth-order valence-corrected chi connectivity index (χ4v) is 3.59. The quantitative estimate of drug-likeness (QED) is 0.787. The third-order valence-electron chi connectivity index (χ3n) is 5.39. The van der Waals surface area contributed by atoms with Crippen LogP contribution in [-0.4, -0.2) is 68.0 Å². The summed E-state index contributed by atoms with van der Waals surface area (Å²) in [6.07, 6.45) is 4.59. The van der Waals surface area contributed by atoms with Crippen LogP contribution in [0.4, 0.5) is 5.69 Å². The Hall–Kier alpha value is -2.40. The number of carbonyl (C=O) groups is 1. The number of rotatable bonds is 6. The Balaban J connectivity index is 1.71. The number of anilines is 1. The summed E-state index contributed by atoms with van der Waals surface area (Å²) in [5.74, 6) is 0.657. The summed E-state index contributed by atoms with van der Waals surface area (Å²) in [5, 5.41) is 0. The molecular formula is C22H30N4O. The van der Waals surface area contributed by atoms with Gasteiger partial charge in [-0.15, -0.1) is 0 Å². The van der Waals surface area contributed by atoms with Gasteiger partial charge in [0.25, 0.3) is 5.91 Å². The minimum Gasteiger partial charge on any atom is -0.378 e. The van der Waals surface area contributed by atoms with Crippen molar-refractivity contribution in [3.63, 3.8) is 0 Å². The van der Waals surface area contributed by atoms with Crippen molar-refractivity contribution in [2.45, 2.75) is 13.3 Å². The highest BCUT2D eigenvalue weighted by Crippen LogP contribution is 2.24. The molecule has 27 heavy (non-hydrogen) atoms. The van der Waals surface area contributed by atoms with Crippen LogP contribution in [-0.2, 0) is 0 Å². The molecule has 1 amide bonds. The molecule has 1 saturated heterocycles. The van der Waals surface area contributed by atoms with Crippen LogP contribution in [0.2, 0.25) is 0 Å². The van der Waals surface area contributed by atoms with Gasteiger partial charge < -0.3 is 14.7 Å². The van der Waals surface area contributed by atoms with Gasteiger partial charge in [-0.1, -0.05) is 19.1 Å². The Morgan fingerprint density at radius 3 is 2.56 bits per heavy atom. The number of hydrogen-bond donors (Lipinski definition) is 0. The van der Waals surface area contributed by atoms with Crippen molar-refractivity contribution < 1.29 is 4.79 Å². The van der Waals surface area contributed by atoms with Gasteiger partial charge in [-0.05, 0) is 49.7 Å². The van der Waals surface area contributed by atoms with Crippen LogP contribution in [0.3, 0.4) is 0 Å². The highest BCUT2D eigenvalue weighted by atomic mass is 16.2. The van der Waals surface area contributed by atoms with Gasteiger partial charge in [0.05, 0.1) is 5.56 Å². The molecule has 2 aromatic rings. The van der Waals surface area contributed by atoms with Crippen molar-refractivity contribution in [3.05, 3.63) is 48.3 Å². The van der Waals surface area contributed by atoms with E-state index in [4.69, 9.17) is 0 Å². The number of amides is 1. The zero-order chi connectivity index (χ0) is 19.4. The zero-order valence-corrected chi connectivity index (χ0v) is 16.9. The molecule has 1 aliphatic rings. The first-order valence-electron chi connectivity index (χ1n) is 9.68. The van der Waals surface area contributed by atoms with Crippen LogP contribution in [0.5, 0.6) is 0 Å². The van der Waals surface area contributed by atoms with Gasteiger partial charge >= 0.3 is 0 Å². The molecule has 0 saturated carbocycles. The largest absolute Gasteiger partial charge is 0.378 e. The van der Waals surface area contributed by atoms with E-state index in [-0.39, 0.29) is 5.91 Å². The number of hydrogen-bond acceptors (Lipinski definition) is 4. The van der Waals surface area contributed by atoms with E-state index in [2.05, 4.69) is 53.0 Å². The van der Waals surface area contributed by atoms with Gasteiger partial charge in [0.2, 0.25) is 0 Å². The maximum absolute atomic E-state index is 12.9. The molecule has 144 valence electrons. The third-order valence-corrected chi connectivity index (χ3v) is 5.39. The summed E-state index contributed by atoms with van der Waals surface area (Å²) in [6.45, 7) is 5.94. The summed E-state index contributed by atoms with van der Waals surface area (Å²) in [6, 6.07) is 10.3. The molecule has 0 radical (unpaired) electrons. The van der Waals surface area contributed by atoms with Crippen molar-refractivity contribution in [1.29, 1.82) is 0 Å². The monoisotopic (exact) mass is 366 g/mol. The van der Waals surface area contributed by atoms with Crippen molar-refractivity contribution in [1.82, 2.24) is 14.8 Å². The Bertz CT molecular complexity index is 772. The van der Waals surface area contributed by atoms with E-state index < -0.39 is 0 Å². The molecule has 5 heteroatoms. The van der Waals surface area contributed by atoms with Crippen LogP contribution >= 0.6 is 0 Å². The molecule has 0 spiro atoms. The zero-order valence-electron chi connectivity index (χ0n) is 16.9. The molecule has 0 aliphatic carbocycles. The fourth-order valence-electron chi connectivity index (χ4n) is 3.59. The number of aromatic nitrogens is 1. The lowest BCUT2D eigenvalue weighted by Crippen LogP contribution is -2.31. The average molecular weight is 367 g/mol. The molecule has 1 aromatic heterocycles. The van der Waals surface area contributed by atoms with E-state index >= 15 is 0 Å². The Labute approximate surface area is 162 Å². The number of carbonyl (C=O) groups excluding carboxylic acids is 1. The molecular weight excluding hydrogens is 336 g/mol. The highest BCUT2D eigenvalue weighted by molar-refractivity contribution is 5.95. The lowest BCUT2D eigenvalue weighted by molar-refractivity contribution is 0.0784. The van der Waals surface area contributed by atoms with Gasteiger partial charge in [-0.2, -0.15) is 0 Å².